The van der Waals surface area contributed by atoms with Gasteiger partial charge in [0.05, 0.1) is 13.3 Å². The molecular formula is C8H15F2N. The van der Waals surface area contributed by atoms with E-state index in [1.165, 1.54) is 0 Å². The third-order valence-electron chi connectivity index (χ3n) is 2.45. The van der Waals surface area contributed by atoms with Crippen LogP contribution < -0.4 is 5.32 Å². The third kappa shape index (κ3) is 2.40. The fourth-order valence-electron chi connectivity index (χ4n) is 1.61. The quantitative estimate of drug-likeness (QED) is 0.665. The smallest absolute Gasteiger partial charge is 0.0950 e. The van der Waals surface area contributed by atoms with E-state index in [0.29, 0.717) is 0 Å². The van der Waals surface area contributed by atoms with Gasteiger partial charge in [0.2, 0.25) is 0 Å². The van der Waals surface area contributed by atoms with E-state index in [4.69, 9.17) is 0 Å². The Labute approximate surface area is 66.2 Å². The number of rotatable bonds is 3. The summed E-state index contributed by atoms with van der Waals surface area (Å²) in [6.07, 6.45) is 1.86. The molecule has 1 saturated heterocycles. The van der Waals surface area contributed by atoms with Crippen LogP contribution in [0.4, 0.5) is 8.78 Å². The predicted octanol–water partition coefficient (Wildman–Crippen LogP) is 1.54. The maximum Gasteiger partial charge on any atom is 0.0950 e. The summed E-state index contributed by atoms with van der Waals surface area (Å²) < 4.78 is 24.4. The van der Waals surface area contributed by atoms with Crippen molar-refractivity contribution in [1.29, 1.82) is 0 Å². The Hall–Kier alpha value is -0.180. The highest BCUT2D eigenvalue weighted by molar-refractivity contribution is 4.74. The van der Waals surface area contributed by atoms with Crippen molar-refractivity contribution >= 4 is 0 Å². The van der Waals surface area contributed by atoms with Gasteiger partial charge in [0, 0.05) is 5.92 Å². The minimum Gasteiger partial charge on any atom is -0.317 e. The lowest BCUT2D eigenvalue weighted by Gasteiger charge is -2.26. The highest BCUT2D eigenvalue weighted by Gasteiger charge is 2.22. The third-order valence-corrected chi connectivity index (χ3v) is 2.45. The molecule has 1 heterocycles. The zero-order valence-electron chi connectivity index (χ0n) is 6.65. The largest absolute Gasteiger partial charge is 0.317 e. The maximum absolute atomic E-state index is 12.2. The molecule has 0 atom stereocenters. The Morgan fingerprint density at radius 2 is 1.73 bits per heavy atom. The molecule has 0 aromatic heterocycles. The number of hydrogen-bond acceptors (Lipinski definition) is 1. The molecule has 11 heavy (non-hydrogen) atoms. The lowest BCUT2D eigenvalue weighted by molar-refractivity contribution is 0.177. The SMILES string of the molecule is FCC(CF)C1CCNCC1. The second kappa shape index (κ2) is 4.65. The van der Waals surface area contributed by atoms with Gasteiger partial charge in [-0.3, -0.25) is 8.78 Å². The monoisotopic (exact) mass is 163 g/mol. The molecule has 0 spiro atoms. The van der Waals surface area contributed by atoms with Crippen LogP contribution in [0.15, 0.2) is 0 Å². The van der Waals surface area contributed by atoms with Crippen molar-refractivity contribution in [3.05, 3.63) is 0 Å². The highest BCUT2D eigenvalue weighted by atomic mass is 19.1. The Kier molecular flexibility index (Phi) is 3.77. The van der Waals surface area contributed by atoms with E-state index in [1.54, 1.807) is 0 Å². The zero-order chi connectivity index (χ0) is 8.10. The van der Waals surface area contributed by atoms with Crippen LogP contribution in [-0.2, 0) is 0 Å². The normalized spacial score (nSPS) is 21.0. The van der Waals surface area contributed by atoms with Crippen molar-refractivity contribution in [1.82, 2.24) is 5.32 Å². The van der Waals surface area contributed by atoms with E-state index in [0.717, 1.165) is 25.9 Å². The first kappa shape index (κ1) is 8.91. The number of piperidine rings is 1. The number of hydrogen-bond donors (Lipinski definition) is 1. The molecule has 1 N–H and O–H groups in total. The van der Waals surface area contributed by atoms with Gasteiger partial charge in [0.15, 0.2) is 0 Å². The van der Waals surface area contributed by atoms with E-state index in [2.05, 4.69) is 5.32 Å². The molecule has 0 aromatic rings. The number of alkyl halides is 2. The van der Waals surface area contributed by atoms with Gasteiger partial charge in [-0.05, 0) is 31.8 Å². The fourth-order valence-corrected chi connectivity index (χ4v) is 1.61. The van der Waals surface area contributed by atoms with Gasteiger partial charge in [-0.25, -0.2) is 0 Å². The first-order valence-corrected chi connectivity index (χ1v) is 4.21. The van der Waals surface area contributed by atoms with Crippen LogP contribution in [-0.4, -0.2) is 26.4 Å². The highest BCUT2D eigenvalue weighted by Crippen LogP contribution is 2.22. The Morgan fingerprint density at radius 3 is 2.18 bits per heavy atom. The molecule has 0 radical (unpaired) electrons. The molecule has 0 aliphatic carbocycles. The minimum atomic E-state index is -0.499. The first-order chi connectivity index (χ1) is 5.38. The van der Waals surface area contributed by atoms with E-state index in [1.807, 2.05) is 0 Å². The van der Waals surface area contributed by atoms with Crippen LogP contribution in [0, 0.1) is 11.8 Å². The molecule has 0 amide bonds. The van der Waals surface area contributed by atoms with Crippen molar-refractivity contribution in [3.63, 3.8) is 0 Å². The number of halogens is 2. The van der Waals surface area contributed by atoms with Crippen LogP contribution in [0.25, 0.3) is 0 Å². The van der Waals surface area contributed by atoms with Crippen LogP contribution >= 0.6 is 0 Å². The van der Waals surface area contributed by atoms with Gasteiger partial charge in [-0.15, -0.1) is 0 Å². The lowest BCUT2D eigenvalue weighted by atomic mass is 9.86. The lowest BCUT2D eigenvalue weighted by Crippen LogP contribution is -2.33. The van der Waals surface area contributed by atoms with Gasteiger partial charge >= 0.3 is 0 Å². The fraction of sp³-hybridized carbons (Fsp3) is 1.00. The second-order valence-corrected chi connectivity index (χ2v) is 3.16. The molecule has 1 aliphatic heterocycles. The molecule has 0 bridgehead atoms. The van der Waals surface area contributed by atoms with E-state index in [-0.39, 0.29) is 11.8 Å². The summed E-state index contributed by atoms with van der Waals surface area (Å²) in [6.45, 7) is 0.838. The number of nitrogens with one attached hydrogen (secondary N) is 1. The topological polar surface area (TPSA) is 12.0 Å². The van der Waals surface area contributed by atoms with Crippen molar-refractivity contribution in [3.8, 4) is 0 Å². The Balaban J connectivity index is 2.30. The standard InChI is InChI=1S/C8H15F2N/c9-5-8(6-10)7-1-3-11-4-2-7/h7-8,11H,1-6H2. The molecule has 0 saturated carbocycles. The molecule has 1 aliphatic rings. The predicted molar refractivity (Wildman–Crippen MR) is 41.0 cm³/mol. The van der Waals surface area contributed by atoms with Gasteiger partial charge in [0.1, 0.15) is 0 Å². The molecular weight excluding hydrogens is 148 g/mol. The molecule has 1 fully saturated rings. The summed E-state index contributed by atoms with van der Waals surface area (Å²) in [6, 6.07) is 0. The van der Waals surface area contributed by atoms with Crippen molar-refractivity contribution in [2.45, 2.75) is 12.8 Å². The Bertz CT molecular complexity index is 98.3. The summed E-state index contributed by atoms with van der Waals surface area (Å²) in [5.74, 6) is -0.0663. The van der Waals surface area contributed by atoms with Gasteiger partial charge < -0.3 is 5.32 Å². The molecule has 1 rings (SSSR count). The molecule has 0 unspecified atom stereocenters. The van der Waals surface area contributed by atoms with Crippen LogP contribution in [0.3, 0.4) is 0 Å². The summed E-state index contributed by atoms with van der Waals surface area (Å²) in [7, 11) is 0. The summed E-state index contributed by atoms with van der Waals surface area (Å²) >= 11 is 0. The summed E-state index contributed by atoms with van der Waals surface area (Å²) in [5.41, 5.74) is 0. The van der Waals surface area contributed by atoms with Gasteiger partial charge in [-0.2, -0.15) is 0 Å². The van der Waals surface area contributed by atoms with Crippen molar-refractivity contribution in [2.75, 3.05) is 26.4 Å². The van der Waals surface area contributed by atoms with Crippen molar-refractivity contribution < 1.29 is 8.78 Å². The zero-order valence-corrected chi connectivity index (χ0v) is 6.65. The first-order valence-electron chi connectivity index (χ1n) is 4.21. The van der Waals surface area contributed by atoms with Crippen LogP contribution in [0.1, 0.15) is 12.8 Å². The molecule has 1 nitrogen and oxygen atoms in total. The molecule has 0 aromatic carbocycles. The van der Waals surface area contributed by atoms with Gasteiger partial charge in [-0.1, -0.05) is 0 Å². The second-order valence-electron chi connectivity index (χ2n) is 3.16. The average molecular weight is 163 g/mol. The minimum absolute atomic E-state index is 0.270. The van der Waals surface area contributed by atoms with Crippen molar-refractivity contribution in [2.24, 2.45) is 11.8 Å². The summed E-state index contributed by atoms with van der Waals surface area (Å²) in [5, 5.41) is 3.17. The van der Waals surface area contributed by atoms with Gasteiger partial charge in [0.25, 0.3) is 0 Å². The Morgan fingerprint density at radius 1 is 1.18 bits per heavy atom. The van der Waals surface area contributed by atoms with E-state index >= 15 is 0 Å². The molecule has 66 valence electrons. The van der Waals surface area contributed by atoms with Crippen LogP contribution in [0.5, 0.6) is 0 Å². The van der Waals surface area contributed by atoms with E-state index in [9.17, 15) is 8.78 Å². The molecule has 3 heteroatoms. The maximum atomic E-state index is 12.2. The van der Waals surface area contributed by atoms with E-state index < -0.39 is 13.3 Å². The average Bonchev–Trinajstić information content (AvgIpc) is 2.09. The summed E-state index contributed by atoms with van der Waals surface area (Å²) in [4.78, 5) is 0. The van der Waals surface area contributed by atoms with Crippen LogP contribution in [0.2, 0.25) is 0 Å².